The van der Waals surface area contributed by atoms with E-state index in [1.54, 1.807) is 52.0 Å². The molecule has 264 valence electrons. The van der Waals surface area contributed by atoms with Crippen molar-refractivity contribution in [1.29, 1.82) is 0 Å². The van der Waals surface area contributed by atoms with Crippen LogP contribution in [-0.2, 0) is 36.8 Å². The van der Waals surface area contributed by atoms with Crippen molar-refractivity contribution in [3.8, 4) is 11.5 Å². The Morgan fingerprint density at radius 2 is 0.882 bits per heavy atom. The molecule has 0 N–H and O–H groups in total. The first-order valence-electron chi connectivity index (χ1n) is 15.8. The van der Waals surface area contributed by atoms with Crippen LogP contribution in [0.25, 0.3) is 0 Å². The molecular formula is C38H32F4O6S2Ti. The molecule has 13 heteroatoms. The van der Waals surface area contributed by atoms with E-state index < -0.39 is 79.3 Å². The molecule has 4 aromatic rings. The zero-order valence-corrected chi connectivity index (χ0v) is 31.1. The Morgan fingerprint density at radius 3 is 1.20 bits per heavy atom. The van der Waals surface area contributed by atoms with E-state index in [9.17, 15) is 16.8 Å². The Hall–Kier alpha value is -4.23. The van der Waals surface area contributed by atoms with Gasteiger partial charge >= 0.3 is 300 Å². The van der Waals surface area contributed by atoms with Gasteiger partial charge in [-0.15, -0.1) is 0 Å². The van der Waals surface area contributed by atoms with Crippen molar-refractivity contribution < 1.29 is 59.4 Å². The first-order chi connectivity index (χ1) is 24.1. The molecule has 0 heterocycles. The van der Waals surface area contributed by atoms with Crippen LogP contribution in [0.4, 0.5) is 17.6 Å². The van der Waals surface area contributed by atoms with Crippen LogP contribution in [0.3, 0.4) is 0 Å². The van der Waals surface area contributed by atoms with Crippen molar-refractivity contribution in [2.24, 2.45) is 0 Å². The molecule has 6 nitrogen and oxygen atoms in total. The molecule has 0 unspecified atom stereocenters. The third-order valence-electron chi connectivity index (χ3n) is 9.12. The third kappa shape index (κ3) is 6.54. The maximum absolute atomic E-state index is 17.2. The van der Waals surface area contributed by atoms with Gasteiger partial charge in [0.1, 0.15) is 0 Å². The quantitative estimate of drug-likeness (QED) is 0.0924. The average molecular weight is 773 g/mol. The van der Waals surface area contributed by atoms with Crippen LogP contribution in [-0.4, -0.2) is 16.8 Å². The van der Waals surface area contributed by atoms with Gasteiger partial charge in [-0.2, -0.15) is 0 Å². The number of halogens is 4. The minimum atomic E-state index is -5.61. The summed E-state index contributed by atoms with van der Waals surface area (Å²) in [7, 11) is -9.30. The molecule has 0 amide bonds. The summed E-state index contributed by atoms with van der Waals surface area (Å²) in [5.74, 6) is -6.98. The van der Waals surface area contributed by atoms with Gasteiger partial charge in [-0.1, -0.05) is 0 Å². The fraction of sp³-hybridized carbons (Fsp3) is 0.158. The van der Waals surface area contributed by atoms with Crippen molar-refractivity contribution in [2.75, 3.05) is 0 Å². The van der Waals surface area contributed by atoms with Crippen LogP contribution >= 0.6 is 0 Å². The minimum absolute atomic E-state index is 0.0693. The Bertz CT molecular complexity index is 2250. The Kier molecular flexibility index (Phi) is 9.84. The second-order valence-corrected chi connectivity index (χ2v) is 21.3. The second-order valence-electron chi connectivity index (χ2n) is 12.5. The number of benzene rings is 4. The average Bonchev–Trinajstić information content (AvgIpc) is 3.71. The molecule has 2 aliphatic rings. The van der Waals surface area contributed by atoms with Crippen LogP contribution in [0.5, 0.6) is 11.5 Å². The zero-order chi connectivity index (χ0) is 36.9. The van der Waals surface area contributed by atoms with E-state index >= 15 is 17.6 Å². The van der Waals surface area contributed by atoms with Crippen LogP contribution < -0.4 is 16.1 Å². The van der Waals surface area contributed by atoms with Gasteiger partial charge < -0.3 is 0 Å². The molecule has 0 aliphatic heterocycles. The third-order valence-corrected chi connectivity index (χ3v) is 20.1. The van der Waals surface area contributed by atoms with Crippen molar-refractivity contribution >= 4 is 28.0 Å². The first kappa shape index (κ1) is 36.6. The van der Waals surface area contributed by atoms with Gasteiger partial charge in [0.2, 0.25) is 0 Å². The van der Waals surface area contributed by atoms with E-state index in [1.807, 2.05) is 0 Å². The van der Waals surface area contributed by atoms with Crippen molar-refractivity contribution in [2.45, 2.75) is 50.3 Å². The van der Waals surface area contributed by atoms with E-state index in [1.165, 1.54) is 48.5 Å². The Labute approximate surface area is 298 Å². The van der Waals surface area contributed by atoms with Gasteiger partial charge in [0.15, 0.2) is 0 Å². The molecule has 0 saturated heterocycles. The SMILES string of the molecule is CC1=[C]([Ti]([C]2=C(C)C=CC2)([c]2c(F)ccc(OS(=O)(=O)c3ccc(C)cc3)c2F)[c]2c(F)ccc(OS(=O)(=O)c3ccc(C)cc3)c2F)CC=C1. The molecular weight excluding hydrogens is 740 g/mol. The molecule has 0 radical (unpaired) electrons. The van der Waals surface area contributed by atoms with Crippen molar-refractivity contribution in [3.05, 3.63) is 150 Å². The number of rotatable bonds is 10. The van der Waals surface area contributed by atoms with Gasteiger partial charge in [0, 0.05) is 0 Å². The molecule has 51 heavy (non-hydrogen) atoms. The van der Waals surface area contributed by atoms with E-state index in [0.29, 0.717) is 18.9 Å². The molecule has 0 saturated carbocycles. The summed E-state index contributed by atoms with van der Waals surface area (Å²) in [4.78, 5) is -0.583. The van der Waals surface area contributed by atoms with Gasteiger partial charge in [-0.25, -0.2) is 0 Å². The van der Waals surface area contributed by atoms with Crippen LogP contribution in [0.2, 0.25) is 0 Å². The molecule has 0 bridgehead atoms. The molecule has 0 fully saturated rings. The zero-order valence-electron chi connectivity index (χ0n) is 27.9. The van der Waals surface area contributed by atoms with Crippen molar-refractivity contribution in [1.82, 2.24) is 0 Å². The van der Waals surface area contributed by atoms with Crippen LogP contribution in [0.1, 0.15) is 37.8 Å². The summed E-state index contributed by atoms with van der Waals surface area (Å²) in [5, 5.41) is 0. The fourth-order valence-electron chi connectivity index (χ4n) is 6.66. The number of hydrogen-bond donors (Lipinski definition) is 0. The monoisotopic (exact) mass is 772 g/mol. The Balaban J connectivity index is 1.65. The normalized spacial score (nSPS) is 14.9. The molecule has 4 aromatic carbocycles. The van der Waals surface area contributed by atoms with Crippen molar-refractivity contribution in [3.63, 3.8) is 0 Å². The van der Waals surface area contributed by atoms with Crippen LogP contribution in [0, 0.1) is 37.1 Å². The van der Waals surface area contributed by atoms with Gasteiger partial charge in [-0.05, 0) is 0 Å². The summed E-state index contributed by atoms with van der Waals surface area (Å²) in [6.45, 7) is 6.81. The van der Waals surface area contributed by atoms with Gasteiger partial charge in [0.25, 0.3) is 0 Å². The van der Waals surface area contributed by atoms with E-state index in [-0.39, 0.29) is 22.6 Å². The molecule has 0 aromatic heterocycles. The number of aryl methyl sites for hydroxylation is 2. The topological polar surface area (TPSA) is 86.7 Å². The standard InChI is InChI=1S/2C13H9F2O3S.2C6H7.Ti/c2*1-9-2-5-11(6-3-9)19(16,17)18-13-7-4-10(14)8-12(13)15;2*1-6-4-2-3-5-6;/h2*2-7H,1H3;2*2,4H,3H2,1H3;. The summed E-state index contributed by atoms with van der Waals surface area (Å²) in [6.07, 6.45) is 6.92. The van der Waals surface area contributed by atoms with E-state index in [2.05, 4.69) is 0 Å². The first-order valence-corrected chi connectivity index (χ1v) is 21.7. The number of allylic oxidation sites excluding steroid dienone is 8. The summed E-state index contributed by atoms with van der Waals surface area (Å²) in [6, 6.07) is 14.4. The van der Waals surface area contributed by atoms with E-state index in [4.69, 9.17) is 8.37 Å². The summed E-state index contributed by atoms with van der Waals surface area (Å²) >= 11 is -5.61. The number of hydrogen-bond acceptors (Lipinski definition) is 6. The Morgan fingerprint density at radius 1 is 0.529 bits per heavy atom. The predicted octanol–water partition coefficient (Wildman–Crippen LogP) is 7.97. The summed E-state index contributed by atoms with van der Waals surface area (Å²) in [5.41, 5.74) is 2.53. The molecule has 2 aliphatic carbocycles. The summed E-state index contributed by atoms with van der Waals surface area (Å²) < 4.78 is 131. The maximum atomic E-state index is 17.2. The second kappa shape index (κ2) is 13.7. The molecule has 0 spiro atoms. The predicted molar refractivity (Wildman–Crippen MR) is 183 cm³/mol. The van der Waals surface area contributed by atoms with Gasteiger partial charge in [0.05, 0.1) is 0 Å². The van der Waals surface area contributed by atoms with E-state index in [0.717, 1.165) is 35.4 Å². The van der Waals surface area contributed by atoms with Gasteiger partial charge in [-0.3, -0.25) is 0 Å². The fourth-order valence-corrected chi connectivity index (χ4v) is 17.6. The molecule has 0 atom stereocenters. The van der Waals surface area contributed by atoms with Crippen LogP contribution in [0.15, 0.2) is 126 Å². The molecule has 6 rings (SSSR count).